The molecule has 1 aliphatic heterocycles. The highest BCUT2D eigenvalue weighted by atomic mass is 16.7. The van der Waals surface area contributed by atoms with Crippen molar-refractivity contribution >= 4 is 34.0 Å². The van der Waals surface area contributed by atoms with Crippen LogP contribution in [0.4, 0.5) is 23.1 Å². The summed E-state index contributed by atoms with van der Waals surface area (Å²) in [6.07, 6.45) is 3.57. The van der Waals surface area contributed by atoms with Gasteiger partial charge in [0.15, 0.2) is 11.5 Å². The largest absolute Gasteiger partial charge is 0.454 e. The topological polar surface area (TPSA) is 81.2 Å². The van der Waals surface area contributed by atoms with Crippen LogP contribution in [0.5, 0.6) is 11.5 Å². The molecule has 7 nitrogen and oxygen atoms in total. The molecule has 4 aromatic rings. The molecular weight excluding hydrogens is 354 g/mol. The number of hydrogen-bond acceptors (Lipinski definition) is 7. The highest BCUT2D eigenvalue weighted by molar-refractivity contribution is 5.82. The zero-order valence-corrected chi connectivity index (χ0v) is 15.1. The predicted molar refractivity (Wildman–Crippen MR) is 108 cm³/mol. The van der Waals surface area contributed by atoms with Crippen LogP contribution in [0.15, 0.2) is 60.9 Å². The number of ether oxygens (including phenoxy) is 2. The van der Waals surface area contributed by atoms with Crippen LogP contribution in [0.1, 0.15) is 5.56 Å². The molecule has 0 saturated heterocycles. The highest BCUT2D eigenvalue weighted by Gasteiger charge is 2.14. The Balaban J connectivity index is 1.40. The molecule has 0 spiro atoms. The van der Waals surface area contributed by atoms with E-state index in [9.17, 15) is 0 Å². The first-order valence-corrected chi connectivity index (χ1v) is 8.87. The lowest BCUT2D eigenvalue weighted by atomic mass is 10.2. The van der Waals surface area contributed by atoms with Crippen molar-refractivity contribution in [3.8, 4) is 11.5 Å². The van der Waals surface area contributed by atoms with Gasteiger partial charge in [-0.05, 0) is 43.3 Å². The molecule has 28 heavy (non-hydrogen) atoms. The normalized spacial score (nSPS) is 12.2. The number of aromatic nitrogens is 3. The van der Waals surface area contributed by atoms with Crippen molar-refractivity contribution in [2.45, 2.75) is 6.92 Å². The van der Waals surface area contributed by atoms with Crippen molar-refractivity contribution in [2.24, 2.45) is 0 Å². The quantitative estimate of drug-likeness (QED) is 0.545. The van der Waals surface area contributed by atoms with Gasteiger partial charge in [-0.2, -0.15) is 4.98 Å². The molecular formula is C21H17N5O2. The Kier molecular flexibility index (Phi) is 3.90. The number of anilines is 4. The molecule has 3 heterocycles. The summed E-state index contributed by atoms with van der Waals surface area (Å²) in [6, 6.07) is 15.6. The minimum Gasteiger partial charge on any atom is -0.454 e. The summed E-state index contributed by atoms with van der Waals surface area (Å²) in [6.45, 7) is 2.21. The lowest BCUT2D eigenvalue weighted by Crippen LogP contribution is -2.02. The number of hydrogen-bond donors (Lipinski definition) is 2. The molecule has 0 fully saturated rings. The summed E-state index contributed by atoms with van der Waals surface area (Å²) < 4.78 is 10.8. The van der Waals surface area contributed by atoms with Gasteiger partial charge in [-0.1, -0.05) is 6.07 Å². The fourth-order valence-corrected chi connectivity index (χ4v) is 3.02. The second-order valence-electron chi connectivity index (χ2n) is 6.45. The Bertz CT molecular complexity index is 1180. The summed E-state index contributed by atoms with van der Waals surface area (Å²) in [7, 11) is 0. The Morgan fingerprint density at radius 3 is 2.71 bits per heavy atom. The number of benzene rings is 2. The molecule has 0 unspecified atom stereocenters. The average Bonchev–Trinajstić information content (AvgIpc) is 3.18. The van der Waals surface area contributed by atoms with Crippen LogP contribution in [0.2, 0.25) is 0 Å². The standard InChI is InChI=1S/C21H17N5O2/c1-13-11-23-21(25-15-4-6-17-14(9-15)3-2-8-22-17)26-20(13)24-16-5-7-18-19(10-16)28-12-27-18/h2-11H,12H2,1H3,(H2,23,24,25,26). The Morgan fingerprint density at radius 2 is 1.75 bits per heavy atom. The Labute approximate surface area is 161 Å². The SMILES string of the molecule is Cc1cnc(Nc2ccc3ncccc3c2)nc1Nc1ccc2c(c1)OCO2. The van der Waals surface area contributed by atoms with E-state index in [1.54, 1.807) is 12.4 Å². The van der Waals surface area contributed by atoms with Crippen LogP contribution < -0.4 is 20.1 Å². The number of nitrogens with one attached hydrogen (secondary N) is 2. The first kappa shape index (κ1) is 16.3. The lowest BCUT2D eigenvalue weighted by molar-refractivity contribution is 0.174. The van der Waals surface area contributed by atoms with Gasteiger partial charge in [-0.25, -0.2) is 4.98 Å². The molecule has 0 amide bonds. The smallest absolute Gasteiger partial charge is 0.231 e. The molecule has 2 aromatic carbocycles. The van der Waals surface area contributed by atoms with Crippen molar-refractivity contribution < 1.29 is 9.47 Å². The van der Waals surface area contributed by atoms with E-state index in [0.717, 1.165) is 45.2 Å². The third-order valence-electron chi connectivity index (χ3n) is 4.47. The summed E-state index contributed by atoms with van der Waals surface area (Å²) in [5, 5.41) is 7.63. The first-order valence-electron chi connectivity index (χ1n) is 8.87. The van der Waals surface area contributed by atoms with E-state index in [-0.39, 0.29) is 6.79 Å². The first-order chi connectivity index (χ1) is 13.7. The zero-order valence-electron chi connectivity index (χ0n) is 15.1. The lowest BCUT2D eigenvalue weighted by Gasteiger charge is -2.12. The van der Waals surface area contributed by atoms with E-state index in [4.69, 9.17) is 9.47 Å². The Hall–Kier alpha value is -3.87. The molecule has 138 valence electrons. The number of nitrogens with zero attached hydrogens (tertiary/aromatic N) is 3. The van der Waals surface area contributed by atoms with E-state index in [0.29, 0.717) is 5.95 Å². The van der Waals surface area contributed by atoms with Gasteiger partial charge in [0.1, 0.15) is 5.82 Å². The molecule has 0 atom stereocenters. The molecule has 0 saturated carbocycles. The number of pyridine rings is 1. The van der Waals surface area contributed by atoms with E-state index >= 15 is 0 Å². The van der Waals surface area contributed by atoms with E-state index in [2.05, 4.69) is 25.6 Å². The van der Waals surface area contributed by atoms with E-state index in [1.807, 2.05) is 55.5 Å². The van der Waals surface area contributed by atoms with Crippen molar-refractivity contribution in [2.75, 3.05) is 17.4 Å². The second-order valence-corrected chi connectivity index (χ2v) is 6.45. The minimum absolute atomic E-state index is 0.251. The summed E-state index contributed by atoms with van der Waals surface area (Å²) in [5.41, 5.74) is 3.65. The van der Waals surface area contributed by atoms with E-state index < -0.39 is 0 Å². The van der Waals surface area contributed by atoms with Crippen LogP contribution in [0.25, 0.3) is 10.9 Å². The third kappa shape index (κ3) is 3.14. The van der Waals surface area contributed by atoms with Crippen LogP contribution in [-0.2, 0) is 0 Å². The summed E-state index contributed by atoms with van der Waals surface area (Å²) in [5.74, 6) is 2.70. The fraction of sp³-hybridized carbons (Fsp3) is 0.0952. The van der Waals surface area contributed by atoms with Gasteiger partial charge in [0, 0.05) is 40.8 Å². The molecule has 0 bridgehead atoms. The molecule has 1 aliphatic rings. The highest BCUT2D eigenvalue weighted by Crippen LogP contribution is 2.35. The predicted octanol–water partition coefficient (Wildman–Crippen LogP) is 4.55. The van der Waals surface area contributed by atoms with Crippen LogP contribution in [0.3, 0.4) is 0 Å². The maximum absolute atomic E-state index is 5.43. The number of rotatable bonds is 4. The summed E-state index contributed by atoms with van der Waals surface area (Å²) >= 11 is 0. The van der Waals surface area contributed by atoms with Gasteiger partial charge in [-0.3, -0.25) is 4.98 Å². The molecule has 0 radical (unpaired) electrons. The minimum atomic E-state index is 0.251. The zero-order chi connectivity index (χ0) is 18.9. The average molecular weight is 371 g/mol. The molecule has 2 aromatic heterocycles. The molecule has 0 aliphatic carbocycles. The van der Waals surface area contributed by atoms with Gasteiger partial charge in [-0.15, -0.1) is 0 Å². The van der Waals surface area contributed by atoms with Gasteiger partial charge in [0.2, 0.25) is 12.7 Å². The molecule has 5 rings (SSSR count). The number of fused-ring (bicyclic) bond motifs is 2. The van der Waals surface area contributed by atoms with Crippen molar-refractivity contribution in [3.63, 3.8) is 0 Å². The van der Waals surface area contributed by atoms with Gasteiger partial charge in [0.05, 0.1) is 5.52 Å². The molecule has 7 heteroatoms. The number of aryl methyl sites for hydroxylation is 1. The van der Waals surface area contributed by atoms with Crippen molar-refractivity contribution in [1.82, 2.24) is 15.0 Å². The monoisotopic (exact) mass is 371 g/mol. The van der Waals surface area contributed by atoms with Gasteiger partial charge >= 0.3 is 0 Å². The summed E-state index contributed by atoms with van der Waals surface area (Å²) in [4.78, 5) is 13.3. The maximum atomic E-state index is 5.43. The fourth-order valence-electron chi connectivity index (χ4n) is 3.02. The van der Waals surface area contributed by atoms with Gasteiger partial charge in [0.25, 0.3) is 0 Å². The van der Waals surface area contributed by atoms with Crippen molar-refractivity contribution in [3.05, 3.63) is 66.5 Å². The maximum Gasteiger partial charge on any atom is 0.231 e. The van der Waals surface area contributed by atoms with Crippen LogP contribution >= 0.6 is 0 Å². The molecule has 2 N–H and O–H groups in total. The third-order valence-corrected chi connectivity index (χ3v) is 4.47. The Morgan fingerprint density at radius 1 is 0.893 bits per heavy atom. The van der Waals surface area contributed by atoms with E-state index in [1.165, 1.54) is 0 Å². The second kappa shape index (κ2) is 6.70. The van der Waals surface area contributed by atoms with Crippen molar-refractivity contribution in [1.29, 1.82) is 0 Å². The van der Waals surface area contributed by atoms with Crippen LogP contribution in [-0.4, -0.2) is 21.7 Å². The van der Waals surface area contributed by atoms with Gasteiger partial charge < -0.3 is 20.1 Å². The van der Waals surface area contributed by atoms with Crippen LogP contribution in [0, 0.1) is 6.92 Å².